The highest BCUT2D eigenvalue weighted by Crippen LogP contribution is 2.38. The van der Waals surface area contributed by atoms with Crippen LogP contribution >= 0.6 is 34.5 Å². The Kier molecular flexibility index (Phi) is 11.5. The van der Waals surface area contributed by atoms with Crippen molar-refractivity contribution in [3.05, 3.63) is 91.9 Å². The van der Waals surface area contributed by atoms with Crippen LogP contribution in [0.3, 0.4) is 0 Å². The number of rotatable bonds is 8. The summed E-state index contributed by atoms with van der Waals surface area (Å²) in [5.74, 6) is 5.04. The van der Waals surface area contributed by atoms with Gasteiger partial charge < -0.3 is 0 Å². The lowest BCUT2D eigenvalue weighted by Gasteiger charge is -2.27. The zero-order valence-corrected chi connectivity index (χ0v) is 30.6. The fourth-order valence-electron chi connectivity index (χ4n) is 6.09. The average molecular weight is 820 g/mol. The summed E-state index contributed by atoms with van der Waals surface area (Å²) in [4.78, 5) is 14.8. The van der Waals surface area contributed by atoms with Gasteiger partial charge in [0, 0.05) is 42.3 Å². The molecule has 2 fully saturated rings. The Bertz CT molecular complexity index is 2160. The Morgan fingerprint density at radius 2 is 1.64 bits per heavy atom. The van der Waals surface area contributed by atoms with E-state index >= 15 is 0 Å². The summed E-state index contributed by atoms with van der Waals surface area (Å²) in [7, 11) is -4.72. The SMILES string of the molecule is O=C(NN1CCCCC1)c1nn(-c2ccc(Cl)cc2Cl)c(-c2ccc(C#Cc3ccc(C(F)(F)F)cc3)s2)c1CNS(=O)(=O)N1CCC[C@@H]1C(F)(F)F. The lowest BCUT2D eigenvalue weighted by atomic mass is 10.1. The molecule has 1 amide bonds. The van der Waals surface area contributed by atoms with Crippen LogP contribution in [0.4, 0.5) is 26.3 Å². The van der Waals surface area contributed by atoms with E-state index in [2.05, 4.69) is 27.1 Å². The van der Waals surface area contributed by atoms with Crippen LogP contribution in [0.15, 0.2) is 54.6 Å². The van der Waals surface area contributed by atoms with Crippen LogP contribution in [0.1, 0.15) is 64.2 Å². The van der Waals surface area contributed by atoms with Crippen LogP contribution in [0.2, 0.25) is 10.0 Å². The van der Waals surface area contributed by atoms with Gasteiger partial charge in [-0.1, -0.05) is 41.5 Å². The van der Waals surface area contributed by atoms with Gasteiger partial charge in [-0.05, 0) is 80.3 Å². The predicted molar refractivity (Wildman–Crippen MR) is 189 cm³/mol. The number of hydrogen-bond acceptors (Lipinski definition) is 6. The summed E-state index contributed by atoms with van der Waals surface area (Å²) in [6.07, 6.45) is -7.04. The third-order valence-electron chi connectivity index (χ3n) is 8.66. The third-order valence-corrected chi connectivity index (χ3v) is 11.8. The standard InChI is InChI=1S/C34H30Cl2F6N6O3S2/c35-23-11-14-27(26(36)19-23)48-31(28-15-13-24(52-28)12-8-21-6-9-22(10-7-21)33(37,38)39)25(30(44-48)32(49)45-46-16-2-1-3-17-46)20-43-53(50,51)47-18-4-5-29(47)34(40,41)42/h6-7,9-11,13-15,19,29,43H,1-5,16-18,20H2,(H,45,49)/t29-/m1/s1. The average Bonchev–Trinajstić information content (AvgIpc) is 3.86. The van der Waals surface area contributed by atoms with Gasteiger partial charge in [0.05, 0.1) is 31.7 Å². The highest BCUT2D eigenvalue weighted by atomic mass is 35.5. The molecule has 6 rings (SSSR count). The number of aromatic nitrogens is 2. The number of amides is 1. The number of nitrogens with one attached hydrogen (secondary N) is 2. The van der Waals surface area contributed by atoms with Crippen LogP contribution in [-0.4, -0.2) is 65.3 Å². The van der Waals surface area contributed by atoms with Crippen LogP contribution < -0.4 is 10.1 Å². The van der Waals surface area contributed by atoms with Gasteiger partial charge in [0.15, 0.2) is 5.69 Å². The molecular weight excluding hydrogens is 789 g/mol. The Hall–Kier alpha value is -3.63. The molecule has 53 heavy (non-hydrogen) atoms. The van der Waals surface area contributed by atoms with E-state index in [1.165, 1.54) is 28.9 Å². The van der Waals surface area contributed by atoms with E-state index in [-0.39, 0.29) is 40.6 Å². The first-order chi connectivity index (χ1) is 25.0. The van der Waals surface area contributed by atoms with Gasteiger partial charge >= 0.3 is 12.4 Å². The minimum Gasteiger partial charge on any atom is -0.283 e. The molecule has 0 spiro atoms. The minimum atomic E-state index is -4.79. The largest absolute Gasteiger partial charge is 0.416 e. The van der Waals surface area contributed by atoms with Crippen molar-refractivity contribution in [3.8, 4) is 28.1 Å². The van der Waals surface area contributed by atoms with E-state index in [1.807, 2.05) is 0 Å². The predicted octanol–water partition coefficient (Wildman–Crippen LogP) is 7.82. The van der Waals surface area contributed by atoms with E-state index in [4.69, 9.17) is 23.2 Å². The van der Waals surface area contributed by atoms with Gasteiger partial charge in [0.2, 0.25) is 0 Å². The smallest absolute Gasteiger partial charge is 0.283 e. The Morgan fingerprint density at radius 1 is 0.925 bits per heavy atom. The van der Waals surface area contributed by atoms with Crippen LogP contribution in [0.25, 0.3) is 16.3 Å². The number of hydrogen-bond donors (Lipinski definition) is 2. The van der Waals surface area contributed by atoms with E-state index in [1.54, 1.807) is 23.2 Å². The van der Waals surface area contributed by atoms with Crippen molar-refractivity contribution in [2.24, 2.45) is 0 Å². The van der Waals surface area contributed by atoms with Crippen molar-refractivity contribution in [1.82, 2.24) is 29.2 Å². The molecule has 9 nitrogen and oxygen atoms in total. The van der Waals surface area contributed by atoms with E-state index < -0.39 is 53.0 Å². The normalized spacial score (nSPS) is 17.5. The lowest BCUT2D eigenvalue weighted by molar-refractivity contribution is -0.165. The second-order valence-electron chi connectivity index (χ2n) is 12.3. The number of nitrogens with zero attached hydrogens (tertiary/aromatic N) is 4. The number of hydrazine groups is 1. The van der Waals surface area contributed by atoms with E-state index in [9.17, 15) is 39.6 Å². The van der Waals surface area contributed by atoms with Gasteiger partial charge in [-0.25, -0.2) is 9.69 Å². The summed E-state index contributed by atoms with van der Waals surface area (Å²) < 4.78 is 111. The highest BCUT2D eigenvalue weighted by molar-refractivity contribution is 7.87. The fourth-order valence-corrected chi connectivity index (χ4v) is 8.92. The molecular formula is C34H30Cl2F6N6O3S2. The zero-order chi connectivity index (χ0) is 38.1. The molecule has 2 aliphatic heterocycles. The first-order valence-corrected chi connectivity index (χ1v) is 19.3. The van der Waals surface area contributed by atoms with E-state index in [0.29, 0.717) is 37.7 Å². The van der Waals surface area contributed by atoms with E-state index in [0.717, 1.165) is 42.7 Å². The zero-order valence-electron chi connectivity index (χ0n) is 27.5. The van der Waals surface area contributed by atoms with Crippen LogP contribution in [0.5, 0.6) is 0 Å². The van der Waals surface area contributed by atoms with Crippen molar-refractivity contribution in [1.29, 1.82) is 0 Å². The summed E-state index contributed by atoms with van der Waals surface area (Å²) in [6, 6.07) is 9.87. The number of carbonyl (C=O) groups excluding carboxylic acids is 1. The van der Waals surface area contributed by atoms with Gasteiger partial charge in [0.25, 0.3) is 16.1 Å². The molecule has 0 unspecified atom stereocenters. The summed E-state index contributed by atoms with van der Waals surface area (Å²) in [5, 5.41) is 6.73. The third kappa shape index (κ3) is 9.02. The van der Waals surface area contributed by atoms with Gasteiger partial charge in [-0.2, -0.15) is 48.9 Å². The van der Waals surface area contributed by atoms with Crippen LogP contribution in [0, 0.1) is 11.8 Å². The number of thiophene rings is 1. The topological polar surface area (TPSA) is 99.6 Å². The Morgan fingerprint density at radius 3 is 2.30 bits per heavy atom. The maximum Gasteiger partial charge on any atom is 0.416 e. The number of carbonyl (C=O) groups is 1. The molecule has 2 N–H and O–H groups in total. The first kappa shape index (κ1) is 39.1. The van der Waals surface area contributed by atoms with Gasteiger partial charge in [-0.3, -0.25) is 10.2 Å². The summed E-state index contributed by atoms with van der Waals surface area (Å²) >= 11 is 13.9. The second kappa shape index (κ2) is 15.6. The molecule has 4 aromatic rings. The Labute approximate surface area is 315 Å². The van der Waals surface area contributed by atoms with Crippen molar-refractivity contribution in [2.45, 2.75) is 57.0 Å². The monoisotopic (exact) mass is 818 g/mol. The molecule has 0 radical (unpaired) electrons. The fraction of sp³-hybridized carbons (Fsp3) is 0.353. The molecule has 2 aliphatic rings. The molecule has 19 heteroatoms. The Balaban J connectivity index is 1.44. The molecule has 282 valence electrons. The van der Waals surface area contributed by atoms with Crippen molar-refractivity contribution < 1.29 is 39.6 Å². The molecule has 1 atom stereocenters. The van der Waals surface area contributed by atoms with Gasteiger partial charge in [-0.15, -0.1) is 11.3 Å². The number of alkyl halides is 6. The van der Waals surface area contributed by atoms with Crippen molar-refractivity contribution in [2.75, 3.05) is 19.6 Å². The number of piperidine rings is 1. The van der Waals surface area contributed by atoms with Crippen molar-refractivity contribution in [3.63, 3.8) is 0 Å². The van der Waals surface area contributed by atoms with Gasteiger partial charge in [0.1, 0.15) is 6.04 Å². The van der Waals surface area contributed by atoms with Crippen LogP contribution in [-0.2, 0) is 22.9 Å². The lowest BCUT2D eigenvalue weighted by Crippen LogP contribution is -2.49. The maximum absolute atomic E-state index is 13.9. The maximum atomic E-state index is 13.9. The summed E-state index contributed by atoms with van der Waals surface area (Å²) in [6.45, 7) is 0.144. The van der Waals surface area contributed by atoms with Crippen molar-refractivity contribution >= 4 is 50.7 Å². The molecule has 0 bridgehead atoms. The molecule has 4 heterocycles. The highest BCUT2D eigenvalue weighted by Gasteiger charge is 2.50. The molecule has 0 saturated carbocycles. The molecule has 2 saturated heterocycles. The second-order valence-corrected chi connectivity index (χ2v) is 15.9. The summed E-state index contributed by atoms with van der Waals surface area (Å²) in [5.41, 5.74) is 2.60. The molecule has 0 aliphatic carbocycles. The molecule has 2 aromatic carbocycles. The number of halogens is 8. The quantitative estimate of drug-likeness (QED) is 0.140. The number of benzene rings is 2. The first-order valence-electron chi connectivity index (χ1n) is 16.3. The minimum absolute atomic E-state index is 0.0122. The molecule has 2 aromatic heterocycles.